The predicted molar refractivity (Wildman–Crippen MR) is 91.0 cm³/mol. The molecule has 0 radical (unpaired) electrons. The van der Waals surface area contributed by atoms with Gasteiger partial charge in [-0.3, -0.25) is 14.5 Å². The number of benzene rings is 1. The lowest BCUT2D eigenvalue weighted by Crippen LogP contribution is -2.33. The minimum absolute atomic E-state index is 0.142. The molecule has 0 unspecified atom stereocenters. The zero-order chi connectivity index (χ0) is 17.3. The van der Waals surface area contributed by atoms with E-state index in [1.807, 2.05) is 0 Å². The van der Waals surface area contributed by atoms with E-state index in [4.69, 9.17) is 26.4 Å². The van der Waals surface area contributed by atoms with Gasteiger partial charge in [0, 0.05) is 11.6 Å². The van der Waals surface area contributed by atoms with Crippen molar-refractivity contribution >= 4 is 46.3 Å². The average Bonchev–Trinajstić information content (AvgIpc) is 3.13. The number of hydrogen-bond donors (Lipinski definition) is 0. The third-order valence-electron chi connectivity index (χ3n) is 3.40. The van der Waals surface area contributed by atoms with Gasteiger partial charge in [-0.25, -0.2) is 0 Å². The summed E-state index contributed by atoms with van der Waals surface area (Å²) in [6, 6.07) is 3.43. The molecule has 2 heterocycles. The fourth-order valence-corrected chi connectivity index (χ4v) is 3.45. The number of amides is 1. The van der Waals surface area contributed by atoms with E-state index in [0.717, 1.165) is 11.8 Å². The maximum absolute atomic E-state index is 12.4. The Hall–Kier alpha value is -2.26. The molecule has 0 aromatic heterocycles. The van der Waals surface area contributed by atoms with Crippen LogP contribution >= 0.6 is 24.0 Å². The normalized spacial score (nSPS) is 17.6. The minimum atomic E-state index is -0.534. The first-order valence-corrected chi connectivity index (χ1v) is 8.05. The van der Waals surface area contributed by atoms with Crippen LogP contribution in [0.1, 0.15) is 5.56 Å². The van der Waals surface area contributed by atoms with Gasteiger partial charge in [0.2, 0.25) is 6.79 Å². The maximum atomic E-state index is 12.4. The fraction of sp³-hybridized carbons (Fsp3) is 0.267. The molecular weight excluding hydrogens is 354 g/mol. The van der Waals surface area contributed by atoms with Gasteiger partial charge in [0.1, 0.15) is 16.6 Å². The molecule has 2 aliphatic heterocycles. The van der Waals surface area contributed by atoms with Crippen molar-refractivity contribution < 1.29 is 28.5 Å². The molecule has 3 rings (SSSR count). The van der Waals surface area contributed by atoms with Gasteiger partial charge in [-0.15, -0.1) is 0 Å². The van der Waals surface area contributed by atoms with Crippen LogP contribution in [-0.4, -0.2) is 48.7 Å². The van der Waals surface area contributed by atoms with E-state index in [0.29, 0.717) is 32.0 Å². The second-order valence-corrected chi connectivity index (χ2v) is 6.47. The van der Waals surface area contributed by atoms with E-state index in [9.17, 15) is 9.59 Å². The monoisotopic (exact) mass is 367 g/mol. The Morgan fingerprint density at radius 1 is 1.38 bits per heavy atom. The number of thioether (sulfide) groups is 1. The van der Waals surface area contributed by atoms with Crippen LogP contribution < -0.4 is 14.2 Å². The van der Waals surface area contributed by atoms with Gasteiger partial charge in [0.25, 0.3) is 5.91 Å². The van der Waals surface area contributed by atoms with Crippen LogP contribution in [0.3, 0.4) is 0 Å². The highest BCUT2D eigenvalue weighted by Gasteiger charge is 2.34. The van der Waals surface area contributed by atoms with Crippen LogP contribution in [-0.2, 0) is 14.3 Å². The Morgan fingerprint density at radius 2 is 2.08 bits per heavy atom. The molecular formula is C15H13NO6S2. The number of ether oxygens (including phenoxy) is 4. The molecule has 126 valence electrons. The van der Waals surface area contributed by atoms with Crippen molar-refractivity contribution in [3.05, 3.63) is 22.6 Å². The molecule has 2 aliphatic rings. The van der Waals surface area contributed by atoms with Crippen molar-refractivity contribution in [1.82, 2.24) is 4.90 Å². The number of hydrogen-bond acceptors (Lipinski definition) is 8. The fourth-order valence-electron chi connectivity index (χ4n) is 2.20. The number of esters is 1. The van der Waals surface area contributed by atoms with E-state index in [1.54, 1.807) is 18.2 Å². The molecule has 7 nitrogen and oxygen atoms in total. The molecule has 1 aromatic carbocycles. The van der Waals surface area contributed by atoms with Gasteiger partial charge in [-0.2, -0.15) is 0 Å². The molecule has 9 heteroatoms. The number of carbonyl (C=O) groups excluding carboxylic acids is 2. The molecule has 1 saturated heterocycles. The zero-order valence-corrected chi connectivity index (χ0v) is 14.5. The molecule has 0 spiro atoms. The van der Waals surface area contributed by atoms with Crippen LogP contribution in [0.4, 0.5) is 0 Å². The topological polar surface area (TPSA) is 74.3 Å². The lowest BCUT2D eigenvalue weighted by molar-refractivity contribution is -0.143. The van der Waals surface area contributed by atoms with E-state index < -0.39 is 5.97 Å². The number of carbonyl (C=O) groups is 2. The van der Waals surface area contributed by atoms with Crippen LogP contribution in [0.2, 0.25) is 0 Å². The average molecular weight is 367 g/mol. The quantitative estimate of drug-likeness (QED) is 0.453. The third kappa shape index (κ3) is 3.04. The Kier molecular flexibility index (Phi) is 4.63. The van der Waals surface area contributed by atoms with Gasteiger partial charge >= 0.3 is 5.97 Å². The summed E-state index contributed by atoms with van der Waals surface area (Å²) >= 11 is 6.28. The first kappa shape index (κ1) is 16.6. The van der Waals surface area contributed by atoms with Crippen LogP contribution in [0.15, 0.2) is 17.0 Å². The van der Waals surface area contributed by atoms with Gasteiger partial charge < -0.3 is 18.9 Å². The second kappa shape index (κ2) is 6.70. The van der Waals surface area contributed by atoms with Gasteiger partial charge in [0.05, 0.1) is 19.1 Å². The number of fused-ring (bicyclic) bond motifs is 1. The molecule has 24 heavy (non-hydrogen) atoms. The largest absolute Gasteiger partial charge is 0.496 e. The molecule has 0 N–H and O–H groups in total. The molecule has 0 saturated carbocycles. The van der Waals surface area contributed by atoms with Crippen molar-refractivity contribution in [2.75, 3.05) is 27.6 Å². The summed E-state index contributed by atoms with van der Waals surface area (Å²) in [7, 11) is 2.78. The summed E-state index contributed by atoms with van der Waals surface area (Å²) in [5, 5.41) is 0. The van der Waals surface area contributed by atoms with Crippen LogP contribution in [0.5, 0.6) is 17.2 Å². The molecule has 1 fully saturated rings. The number of nitrogens with zero attached hydrogens (tertiary/aromatic N) is 1. The molecule has 0 atom stereocenters. The van der Waals surface area contributed by atoms with Crippen molar-refractivity contribution in [2.45, 2.75) is 0 Å². The van der Waals surface area contributed by atoms with Crippen molar-refractivity contribution in [1.29, 1.82) is 0 Å². The molecule has 0 bridgehead atoms. The Balaban J connectivity index is 1.91. The summed E-state index contributed by atoms with van der Waals surface area (Å²) in [5.41, 5.74) is 0.653. The smallest absolute Gasteiger partial charge is 0.325 e. The number of thiocarbonyl (C=S) groups is 1. The predicted octanol–water partition coefficient (Wildman–Crippen LogP) is 1.80. The minimum Gasteiger partial charge on any atom is -0.496 e. The van der Waals surface area contributed by atoms with Gasteiger partial charge in [-0.1, -0.05) is 24.0 Å². The van der Waals surface area contributed by atoms with Crippen molar-refractivity contribution in [2.24, 2.45) is 0 Å². The Morgan fingerprint density at radius 3 is 2.75 bits per heavy atom. The lowest BCUT2D eigenvalue weighted by Gasteiger charge is -2.12. The molecule has 1 aromatic rings. The summed E-state index contributed by atoms with van der Waals surface area (Å²) in [4.78, 5) is 25.4. The molecule has 0 aliphatic carbocycles. The Labute approximate surface area is 147 Å². The number of rotatable bonds is 4. The molecule has 1 amide bonds. The lowest BCUT2D eigenvalue weighted by atomic mass is 10.1. The highest BCUT2D eigenvalue weighted by atomic mass is 32.2. The second-order valence-electron chi connectivity index (χ2n) is 4.79. The number of methoxy groups -OCH3 is 2. The SMILES string of the molecule is COC(=O)CN1C(=O)/C(=C/c2cc3c(cc2OC)OCO3)SC1=S. The van der Waals surface area contributed by atoms with Crippen molar-refractivity contribution in [3.63, 3.8) is 0 Å². The van der Waals surface area contributed by atoms with E-state index in [2.05, 4.69) is 4.74 Å². The first-order chi connectivity index (χ1) is 11.5. The Bertz CT molecular complexity index is 761. The zero-order valence-electron chi connectivity index (χ0n) is 12.9. The van der Waals surface area contributed by atoms with E-state index >= 15 is 0 Å². The third-order valence-corrected chi connectivity index (χ3v) is 4.78. The summed E-state index contributed by atoms with van der Waals surface area (Å²) in [5.74, 6) is 0.815. The summed E-state index contributed by atoms with van der Waals surface area (Å²) in [6.07, 6.45) is 1.65. The van der Waals surface area contributed by atoms with E-state index in [1.165, 1.54) is 19.1 Å². The maximum Gasteiger partial charge on any atom is 0.325 e. The highest BCUT2D eigenvalue weighted by Crippen LogP contribution is 2.40. The highest BCUT2D eigenvalue weighted by molar-refractivity contribution is 8.26. The standard InChI is InChI=1S/C15H13NO6S2/c1-19-9-5-11-10(21-7-22-11)3-8(9)4-12-14(18)16(15(23)24-12)6-13(17)20-2/h3-5H,6-7H2,1-2H3/b12-4-. The van der Waals surface area contributed by atoms with E-state index in [-0.39, 0.29) is 19.2 Å². The van der Waals surface area contributed by atoms with Crippen LogP contribution in [0.25, 0.3) is 6.08 Å². The van der Waals surface area contributed by atoms with Crippen molar-refractivity contribution in [3.8, 4) is 17.2 Å². The van der Waals surface area contributed by atoms with Gasteiger partial charge in [0.15, 0.2) is 11.5 Å². The first-order valence-electron chi connectivity index (χ1n) is 6.83. The van der Waals surface area contributed by atoms with Gasteiger partial charge in [-0.05, 0) is 12.1 Å². The van der Waals surface area contributed by atoms with Crippen LogP contribution in [0, 0.1) is 0 Å². The summed E-state index contributed by atoms with van der Waals surface area (Å²) < 4.78 is 20.9. The summed E-state index contributed by atoms with van der Waals surface area (Å²) in [6.45, 7) is -0.0695.